The third-order valence-electron chi connectivity index (χ3n) is 9.03. The molecule has 8 aromatic rings. The minimum Gasteiger partial charge on any atom is -0.504 e. The summed E-state index contributed by atoms with van der Waals surface area (Å²) in [6.45, 7) is 3.61. The number of furan rings is 1. The third kappa shape index (κ3) is 3.64. The van der Waals surface area contributed by atoms with Gasteiger partial charge in [-0.05, 0) is 75.3 Å². The largest absolute Gasteiger partial charge is 0.504 e. The van der Waals surface area contributed by atoms with Crippen LogP contribution in [0.1, 0.15) is 11.1 Å². The van der Waals surface area contributed by atoms with Crippen molar-refractivity contribution in [1.29, 1.82) is 0 Å². The first-order valence-corrected chi connectivity index (χ1v) is 14.6. The Morgan fingerprint density at radius 2 is 1.02 bits per heavy atom. The molecule has 0 atom stereocenters. The molecule has 0 bridgehead atoms. The summed E-state index contributed by atoms with van der Waals surface area (Å²) in [7, 11) is 0. The Morgan fingerprint density at radius 3 is 1.68 bits per heavy atom. The molecule has 212 valence electrons. The topological polar surface area (TPSA) is 73.8 Å². The van der Waals surface area contributed by atoms with Crippen LogP contribution in [0.2, 0.25) is 0 Å². The maximum absolute atomic E-state index is 11.2. The van der Waals surface area contributed by atoms with E-state index in [-0.39, 0.29) is 11.5 Å². The van der Waals surface area contributed by atoms with Crippen LogP contribution in [0.4, 0.5) is 0 Å². The van der Waals surface area contributed by atoms with E-state index in [9.17, 15) is 15.3 Å². The Balaban J connectivity index is 1.45. The van der Waals surface area contributed by atoms with Gasteiger partial charge in [-0.2, -0.15) is 0 Å². The second kappa shape index (κ2) is 9.65. The zero-order valence-corrected chi connectivity index (χ0v) is 24.2. The van der Waals surface area contributed by atoms with Gasteiger partial charge >= 0.3 is 0 Å². The van der Waals surface area contributed by atoms with E-state index in [0.29, 0.717) is 16.7 Å². The van der Waals surface area contributed by atoms with Gasteiger partial charge in [-0.3, -0.25) is 0 Å². The fourth-order valence-corrected chi connectivity index (χ4v) is 6.76. The van der Waals surface area contributed by atoms with Crippen LogP contribution >= 0.6 is 0 Å². The van der Waals surface area contributed by atoms with Gasteiger partial charge in [0.25, 0.3) is 0 Å². The quantitative estimate of drug-likeness (QED) is 0.145. The van der Waals surface area contributed by atoms with Crippen LogP contribution in [-0.2, 0) is 0 Å². The summed E-state index contributed by atoms with van der Waals surface area (Å²) in [5, 5.41) is 38.4. The molecule has 0 aliphatic carbocycles. The number of aromatic hydroxyl groups is 3. The summed E-state index contributed by atoms with van der Waals surface area (Å²) < 4.78 is 6.47. The maximum atomic E-state index is 11.2. The molecule has 0 aliphatic heterocycles. The molecule has 3 N–H and O–H groups in total. The minimum absolute atomic E-state index is 0.301. The minimum atomic E-state index is -0.507. The average molecular weight is 573 g/mol. The van der Waals surface area contributed by atoms with Gasteiger partial charge in [0.15, 0.2) is 11.5 Å². The van der Waals surface area contributed by atoms with Gasteiger partial charge in [0, 0.05) is 27.5 Å². The van der Waals surface area contributed by atoms with Crippen molar-refractivity contribution in [2.75, 3.05) is 0 Å². The summed E-state index contributed by atoms with van der Waals surface area (Å²) in [6, 6.07) is 39.3. The van der Waals surface area contributed by atoms with Gasteiger partial charge < -0.3 is 19.7 Å². The van der Waals surface area contributed by atoms with Crippen LogP contribution in [0.3, 0.4) is 0 Å². The standard InChI is InChI=1S/C40H28O4/c1-22-23(2)37(41)39(43)38(42)34(22)36-29-15-8-6-13-27(29)35(28-14-7-9-16-30(28)36)25-19-20-33-32(21-25)31-18-10-17-26(40(31)44-33)24-11-4-3-5-12-24/h3-21,41-43H,1-2H3. The maximum Gasteiger partial charge on any atom is 0.201 e. The van der Waals surface area contributed by atoms with Crippen molar-refractivity contribution < 1.29 is 19.7 Å². The molecule has 0 spiro atoms. The van der Waals surface area contributed by atoms with Gasteiger partial charge in [-0.15, -0.1) is 0 Å². The SMILES string of the molecule is Cc1c(C)c(-c2c3ccccc3c(-c3ccc4oc5c(-c6ccccc6)cccc5c4c3)c3ccccc23)c(O)c(O)c1O. The highest BCUT2D eigenvalue weighted by Gasteiger charge is 2.25. The fraction of sp³-hybridized carbons (Fsp3) is 0.0500. The van der Waals surface area contributed by atoms with E-state index in [4.69, 9.17) is 4.42 Å². The zero-order chi connectivity index (χ0) is 30.1. The molecule has 4 nitrogen and oxygen atoms in total. The number of fused-ring (bicyclic) bond motifs is 5. The molecular weight excluding hydrogens is 544 g/mol. The van der Waals surface area contributed by atoms with Gasteiger partial charge in [-0.1, -0.05) is 103 Å². The number of phenolic OH excluding ortho intramolecular Hbond substituents is 3. The number of hydrogen-bond acceptors (Lipinski definition) is 4. The highest BCUT2D eigenvalue weighted by Crippen LogP contribution is 2.52. The molecule has 8 rings (SSSR count). The average Bonchev–Trinajstić information content (AvgIpc) is 3.45. The lowest BCUT2D eigenvalue weighted by Crippen LogP contribution is -1.95. The number of rotatable bonds is 3. The lowest BCUT2D eigenvalue weighted by atomic mass is 9.83. The molecule has 0 unspecified atom stereocenters. The second-order valence-electron chi connectivity index (χ2n) is 11.4. The first kappa shape index (κ1) is 25.9. The van der Waals surface area contributed by atoms with Crippen molar-refractivity contribution in [1.82, 2.24) is 0 Å². The van der Waals surface area contributed by atoms with Gasteiger partial charge in [0.2, 0.25) is 5.75 Å². The van der Waals surface area contributed by atoms with Crippen LogP contribution in [0.15, 0.2) is 120 Å². The monoisotopic (exact) mass is 572 g/mol. The number of benzene rings is 7. The predicted octanol–water partition coefficient (Wildman–Crippen LogP) is 10.6. The van der Waals surface area contributed by atoms with Crippen LogP contribution in [0, 0.1) is 13.8 Å². The van der Waals surface area contributed by atoms with E-state index < -0.39 is 5.75 Å². The Hall–Kier alpha value is -5.74. The number of hydrogen-bond donors (Lipinski definition) is 3. The molecular formula is C40H28O4. The summed E-state index contributed by atoms with van der Waals surface area (Å²) in [4.78, 5) is 0. The fourth-order valence-electron chi connectivity index (χ4n) is 6.76. The van der Waals surface area contributed by atoms with E-state index in [1.165, 1.54) is 0 Å². The van der Waals surface area contributed by atoms with Crippen molar-refractivity contribution >= 4 is 43.5 Å². The Morgan fingerprint density at radius 1 is 0.432 bits per heavy atom. The molecule has 0 amide bonds. The van der Waals surface area contributed by atoms with Crippen LogP contribution in [0.25, 0.3) is 76.9 Å². The molecule has 0 aliphatic rings. The van der Waals surface area contributed by atoms with Crippen LogP contribution in [0.5, 0.6) is 17.2 Å². The Labute approximate surface area is 253 Å². The molecule has 0 saturated carbocycles. The molecule has 7 aromatic carbocycles. The van der Waals surface area contributed by atoms with Crippen molar-refractivity contribution in [3.8, 4) is 50.6 Å². The molecule has 0 fully saturated rings. The van der Waals surface area contributed by atoms with E-state index in [1.807, 2.05) is 55.5 Å². The first-order chi connectivity index (χ1) is 21.4. The van der Waals surface area contributed by atoms with Crippen molar-refractivity contribution in [3.63, 3.8) is 0 Å². The first-order valence-electron chi connectivity index (χ1n) is 14.6. The molecule has 4 heteroatoms. The van der Waals surface area contributed by atoms with Gasteiger partial charge in [0.05, 0.1) is 0 Å². The highest BCUT2D eigenvalue weighted by molar-refractivity contribution is 6.23. The molecule has 0 radical (unpaired) electrons. The van der Waals surface area contributed by atoms with E-state index >= 15 is 0 Å². The normalized spacial score (nSPS) is 11.7. The van der Waals surface area contributed by atoms with Gasteiger partial charge in [0.1, 0.15) is 11.2 Å². The highest BCUT2D eigenvalue weighted by atomic mass is 16.3. The number of phenols is 3. The third-order valence-corrected chi connectivity index (χ3v) is 9.03. The lowest BCUT2D eigenvalue weighted by molar-refractivity contribution is 0.366. The van der Waals surface area contributed by atoms with Crippen molar-refractivity contribution in [3.05, 3.63) is 126 Å². The van der Waals surface area contributed by atoms with E-state index in [1.54, 1.807) is 6.92 Å². The van der Waals surface area contributed by atoms with E-state index in [0.717, 1.165) is 71.3 Å². The molecule has 44 heavy (non-hydrogen) atoms. The molecule has 0 saturated heterocycles. The summed E-state index contributed by atoms with van der Waals surface area (Å²) in [6.07, 6.45) is 0. The van der Waals surface area contributed by atoms with Crippen LogP contribution in [-0.4, -0.2) is 15.3 Å². The predicted molar refractivity (Wildman–Crippen MR) is 180 cm³/mol. The molecule has 1 aromatic heterocycles. The van der Waals surface area contributed by atoms with Crippen molar-refractivity contribution in [2.45, 2.75) is 13.8 Å². The lowest BCUT2D eigenvalue weighted by Gasteiger charge is -2.21. The smallest absolute Gasteiger partial charge is 0.201 e. The van der Waals surface area contributed by atoms with Gasteiger partial charge in [-0.25, -0.2) is 0 Å². The summed E-state index contributed by atoms with van der Waals surface area (Å²) in [5.74, 6) is -1.13. The van der Waals surface area contributed by atoms with E-state index in [2.05, 4.69) is 66.7 Å². The number of para-hydroxylation sites is 1. The Bertz CT molecular complexity index is 2350. The summed E-state index contributed by atoms with van der Waals surface area (Å²) >= 11 is 0. The summed E-state index contributed by atoms with van der Waals surface area (Å²) in [5.41, 5.74) is 8.56. The Kier molecular flexibility index (Phi) is 5.69. The second-order valence-corrected chi connectivity index (χ2v) is 11.4. The van der Waals surface area contributed by atoms with Crippen LogP contribution < -0.4 is 0 Å². The molecule has 1 heterocycles. The zero-order valence-electron chi connectivity index (χ0n) is 24.2. The van der Waals surface area contributed by atoms with Crippen molar-refractivity contribution in [2.24, 2.45) is 0 Å².